The Morgan fingerprint density at radius 3 is 2.39 bits per heavy atom. The molecule has 23 heavy (non-hydrogen) atoms. The van der Waals surface area contributed by atoms with Gasteiger partial charge in [-0.05, 0) is 67.6 Å². The fourth-order valence-corrected chi connectivity index (χ4v) is 3.59. The van der Waals surface area contributed by atoms with E-state index in [9.17, 15) is 4.79 Å². The molecule has 0 bridgehead atoms. The van der Waals surface area contributed by atoms with E-state index < -0.39 is 0 Å². The van der Waals surface area contributed by atoms with Gasteiger partial charge in [0.2, 0.25) is 0 Å². The Bertz CT molecular complexity index is 938. The zero-order valence-corrected chi connectivity index (χ0v) is 14.7. The summed E-state index contributed by atoms with van der Waals surface area (Å²) < 4.78 is 5.44. The number of rotatable bonds is 3. The van der Waals surface area contributed by atoms with Crippen LogP contribution >= 0.6 is 11.8 Å². The highest BCUT2D eigenvalue weighted by Crippen LogP contribution is 2.29. The summed E-state index contributed by atoms with van der Waals surface area (Å²) in [5.74, 6) is 0.757. The van der Waals surface area contributed by atoms with Crippen molar-refractivity contribution in [1.29, 1.82) is 0 Å². The van der Waals surface area contributed by atoms with E-state index in [4.69, 9.17) is 4.42 Å². The van der Waals surface area contributed by atoms with Gasteiger partial charge in [0.1, 0.15) is 5.58 Å². The highest BCUT2D eigenvalue weighted by molar-refractivity contribution is 7.98. The van der Waals surface area contributed by atoms with Crippen LogP contribution in [0.15, 0.2) is 50.5 Å². The zero-order valence-electron chi connectivity index (χ0n) is 13.9. The highest BCUT2D eigenvalue weighted by Gasteiger charge is 2.10. The monoisotopic (exact) mass is 324 g/mol. The van der Waals surface area contributed by atoms with Gasteiger partial charge in [0.15, 0.2) is 0 Å². The fraction of sp³-hybridized carbons (Fsp3) is 0.250. The molecule has 3 heteroatoms. The van der Waals surface area contributed by atoms with Gasteiger partial charge >= 0.3 is 5.63 Å². The van der Waals surface area contributed by atoms with E-state index in [-0.39, 0.29) is 5.63 Å². The predicted octanol–water partition coefficient (Wildman–Crippen LogP) is 5.32. The van der Waals surface area contributed by atoms with Crippen LogP contribution in [0.25, 0.3) is 11.0 Å². The molecule has 0 atom stereocenters. The third-order valence-electron chi connectivity index (χ3n) is 4.39. The van der Waals surface area contributed by atoms with E-state index in [2.05, 4.69) is 44.2 Å². The fourth-order valence-electron chi connectivity index (χ4n) is 2.61. The minimum atomic E-state index is -0.276. The molecule has 2 nitrogen and oxygen atoms in total. The second-order valence-corrected chi connectivity index (χ2v) is 7.06. The number of hydrogen-bond donors (Lipinski definition) is 0. The predicted molar refractivity (Wildman–Crippen MR) is 97.4 cm³/mol. The van der Waals surface area contributed by atoms with Gasteiger partial charge in [-0.25, -0.2) is 4.79 Å². The van der Waals surface area contributed by atoms with Crippen molar-refractivity contribution in [3.63, 3.8) is 0 Å². The molecule has 0 radical (unpaired) electrons. The molecule has 3 aromatic rings. The molecule has 0 saturated carbocycles. The minimum Gasteiger partial charge on any atom is -0.422 e. The Balaban J connectivity index is 1.98. The molecule has 3 rings (SSSR count). The summed E-state index contributed by atoms with van der Waals surface area (Å²) in [5, 5.41) is 1.03. The van der Waals surface area contributed by atoms with E-state index in [1.54, 1.807) is 17.8 Å². The van der Waals surface area contributed by atoms with Crippen LogP contribution in [0.5, 0.6) is 0 Å². The summed E-state index contributed by atoms with van der Waals surface area (Å²) in [4.78, 5) is 13.1. The number of fused-ring (bicyclic) bond motifs is 1. The third-order valence-corrected chi connectivity index (χ3v) is 5.43. The van der Waals surface area contributed by atoms with Gasteiger partial charge in [-0.3, -0.25) is 0 Å². The lowest BCUT2D eigenvalue weighted by atomic mass is 10.0. The van der Waals surface area contributed by atoms with E-state index in [1.165, 1.54) is 16.0 Å². The highest BCUT2D eigenvalue weighted by atomic mass is 32.2. The molecular formula is C20H20O2S. The van der Waals surface area contributed by atoms with Crippen molar-refractivity contribution in [2.45, 2.75) is 38.3 Å². The normalized spacial score (nSPS) is 11.1. The number of hydrogen-bond acceptors (Lipinski definition) is 3. The maximum atomic E-state index is 11.9. The topological polar surface area (TPSA) is 30.2 Å². The van der Waals surface area contributed by atoms with Crippen LogP contribution in [0.4, 0.5) is 0 Å². The minimum absolute atomic E-state index is 0.276. The van der Waals surface area contributed by atoms with Crippen LogP contribution in [0.1, 0.15) is 27.8 Å². The molecule has 0 spiro atoms. The van der Waals surface area contributed by atoms with Crippen molar-refractivity contribution in [2.75, 3.05) is 0 Å². The van der Waals surface area contributed by atoms with Crippen LogP contribution in [0, 0.1) is 27.7 Å². The van der Waals surface area contributed by atoms with Crippen molar-refractivity contribution in [2.24, 2.45) is 0 Å². The quantitative estimate of drug-likeness (QED) is 0.482. The number of benzene rings is 2. The van der Waals surface area contributed by atoms with Gasteiger partial charge < -0.3 is 4.42 Å². The Kier molecular flexibility index (Phi) is 4.31. The lowest BCUT2D eigenvalue weighted by Crippen LogP contribution is -2.01. The summed E-state index contributed by atoms with van der Waals surface area (Å²) >= 11 is 1.75. The molecule has 118 valence electrons. The lowest BCUT2D eigenvalue weighted by Gasteiger charge is -2.09. The van der Waals surface area contributed by atoms with Crippen LogP contribution in [-0.4, -0.2) is 0 Å². The summed E-state index contributed by atoms with van der Waals surface area (Å²) in [7, 11) is 0. The summed E-state index contributed by atoms with van der Waals surface area (Å²) in [6.45, 7) is 8.27. The molecular weight excluding hydrogens is 304 g/mol. The first-order chi connectivity index (χ1) is 11.0. The van der Waals surface area contributed by atoms with Crippen molar-refractivity contribution in [3.05, 3.63) is 74.6 Å². The first-order valence-corrected chi connectivity index (χ1v) is 8.67. The average Bonchev–Trinajstić information content (AvgIpc) is 2.52. The summed E-state index contributed by atoms with van der Waals surface area (Å²) in [5.41, 5.74) is 6.24. The average molecular weight is 324 g/mol. The molecule has 1 heterocycles. The van der Waals surface area contributed by atoms with E-state index >= 15 is 0 Å². The van der Waals surface area contributed by atoms with Crippen LogP contribution < -0.4 is 5.63 Å². The van der Waals surface area contributed by atoms with Gasteiger partial charge in [0.25, 0.3) is 0 Å². The van der Waals surface area contributed by atoms with Crippen molar-refractivity contribution in [1.82, 2.24) is 0 Å². The second kappa shape index (κ2) is 6.25. The molecule has 0 aliphatic carbocycles. The van der Waals surface area contributed by atoms with Gasteiger partial charge in [-0.15, -0.1) is 11.8 Å². The Morgan fingerprint density at radius 1 is 0.913 bits per heavy atom. The number of aryl methyl sites for hydroxylation is 4. The maximum Gasteiger partial charge on any atom is 0.336 e. The second-order valence-electron chi connectivity index (χ2n) is 6.01. The molecule has 0 unspecified atom stereocenters. The first kappa shape index (κ1) is 15.9. The smallest absolute Gasteiger partial charge is 0.336 e. The summed E-state index contributed by atoms with van der Waals surface area (Å²) in [6, 6.07) is 12.2. The van der Waals surface area contributed by atoms with Gasteiger partial charge in [-0.2, -0.15) is 0 Å². The van der Waals surface area contributed by atoms with Gasteiger partial charge in [0, 0.05) is 22.1 Å². The Morgan fingerprint density at radius 2 is 1.65 bits per heavy atom. The Labute approximate surface area is 140 Å². The molecule has 0 amide bonds. The Hall–Kier alpha value is -2.00. The molecule has 0 fully saturated rings. The van der Waals surface area contributed by atoms with Gasteiger partial charge in [0.05, 0.1) is 0 Å². The molecule has 0 aliphatic rings. The SMILES string of the molecule is Cc1ccc(SCc2cc(=O)oc3c(C)c(C)ccc23)cc1C. The zero-order chi connectivity index (χ0) is 16.6. The summed E-state index contributed by atoms with van der Waals surface area (Å²) in [6.07, 6.45) is 0. The molecule has 2 aromatic carbocycles. The molecule has 1 aromatic heterocycles. The molecule has 0 saturated heterocycles. The largest absolute Gasteiger partial charge is 0.422 e. The lowest BCUT2D eigenvalue weighted by molar-refractivity contribution is 0.557. The van der Waals surface area contributed by atoms with E-state index in [0.717, 1.165) is 27.8 Å². The van der Waals surface area contributed by atoms with Gasteiger partial charge in [-0.1, -0.05) is 18.2 Å². The maximum absolute atomic E-state index is 11.9. The van der Waals surface area contributed by atoms with Crippen molar-refractivity contribution in [3.8, 4) is 0 Å². The molecule has 0 aliphatic heterocycles. The van der Waals surface area contributed by atoms with E-state index in [0.29, 0.717) is 5.58 Å². The van der Waals surface area contributed by atoms with E-state index in [1.807, 2.05) is 13.8 Å². The van der Waals surface area contributed by atoms with Crippen molar-refractivity contribution >= 4 is 22.7 Å². The van der Waals surface area contributed by atoms with Crippen LogP contribution in [0.2, 0.25) is 0 Å². The van der Waals surface area contributed by atoms with Crippen LogP contribution in [0.3, 0.4) is 0 Å². The van der Waals surface area contributed by atoms with Crippen LogP contribution in [-0.2, 0) is 5.75 Å². The standard InChI is InChI=1S/C20H20O2S/c1-12-5-7-17(9-14(12)3)23-11-16-10-19(21)22-20-15(4)13(2)6-8-18(16)20/h5-10H,11H2,1-4H3. The first-order valence-electron chi connectivity index (χ1n) is 7.68. The number of thioether (sulfide) groups is 1. The van der Waals surface area contributed by atoms with Crippen molar-refractivity contribution < 1.29 is 4.42 Å². The third kappa shape index (κ3) is 3.20. The molecule has 0 N–H and O–H groups in total.